The largest absolute Gasteiger partial charge is 0.497 e. The molecule has 1 heterocycles. The van der Waals surface area contributed by atoms with Crippen LogP contribution in [0.15, 0.2) is 53.0 Å². The van der Waals surface area contributed by atoms with Crippen LogP contribution in [0.2, 0.25) is 0 Å². The average molecular weight is 460 g/mol. The van der Waals surface area contributed by atoms with Gasteiger partial charge in [0.05, 0.1) is 7.11 Å². The molecule has 2 aromatic carbocycles. The quantitative estimate of drug-likeness (QED) is 0.622. The Kier molecular flexibility index (Phi) is 6.22. The van der Waals surface area contributed by atoms with Gasteiger partial charge in [-0.1, -0.05) is 40.2 Å². The van der Waals surface area contributed by atoms with E-state index in [2.05, 4.69) is 26.6 Å². The number of methoxy groups -OCH3 is 1. The normalized spacial score (nSPS) is 18.5. The van der Waals surface area contributed by atoms with Gasteiger partial charge in [0.25, 0.3) is 5.91 Å². The summed E-state index contributed by atoms with van der Waals surface area (Å²) >= 11 is 3.37. The Hall–Kier alpha value is -2.87. The predicted molar refractivity (Wildman–Crippen MR) is 111 cm³/mol. The Bertz CT molecular complexity index is 932. The van der Waals surface area contributed by atoms with Crippen LogP contribution in [0.4, 0.5) is 4.79 Å². The average Bonchev–Trinajstić information content (AvgIpc) is 2.92. The van der Waals surface area contributed by atoms with Crippen molar-refractivity contribution in [2.24, 2.45) is 0 Å². The summed E-state index contributed by atoms with van der Waals surface area (Å²) < 4.78 is 5.91. The highest BCUT2D eigenvalue weighted by molar-refractivity contribution is 9.10. The highest BCUT2D eigenvalue weighted by atomic mass is 79.9. The van der Waals surface area contributed by atoms with Crippen LogP contribution in [-0.4, -0.2) is 42.9 Å². The Labute approximate surface area is 177 Å². The Morgan fingerprint density at radius 2 is 1.93 bits per heavy atom. The van der Waals surface area contributed by atoms with E-state index in [0.717, 1.165) is 20.7 Å². The molecular weight excluding hydrogens is 438 g/mol. The summed E-state index contributed by atoms with van der Waals surface area (Å²) in [4.78, 5) is 38.4. The topological polar surface area (TPSA) is 87.7 Å². The minimum absolute atomic E-state index is 0.323. The lowest BCUT2D eigenvalue weighted by molar-refractivity contribution is -0.134. The number of urea groups is 1. The minimum Gasteiger partial charge on any atom is -0.497 e. The maximum absolute atomic E-state index is 12.9. The van der Waals surface area contributed by atoms with Crippen molar-refractivity contribution in [3.63, 3.8) is 0 Å². The van der Waals surface area contributed by atoms with E-state index >= 15 is 0 Å². The summed E-state index contributed by atoms with van der Waals surface area (Å²) in [5.74, 6) is -0.0729. The maximum Gasteiger partial charge on any atom is 0.325 e. The van der Waals surface area contributed by atoms with Crippen LogP contribution in [0.1, 0.15) is 18.1 Å². The first-order chi connectivity index (χ1) is 13.8. The molecule has 0 radical (unpaired) electrons. The minimum atomic E-state index is -1.20. The molecule has 0 spiro atoms. The van der Waals surface area contributed by atoms with E-state index in [1.807, 2.05) is 30.3 Å². The molecule has 0 unspecified atom stereocenters. The summed E-state index contributed by atoms with van der Waals surface area (Å²) in [5, 5.41) is 5.45. The second-order valence-electron chi connectivity index (χ2n) is 6.90. The molecule has 8 heteroatoms. The standard InChI is InChI=1S/C21H22BrN3O4/c1-21(15-4-3-5-16(22)12-15)19(27)25(20(28)24-21)13-18(26)23-11-10-14-6-8-17(29-2)9-7-14/h3-9,12H,10-11,13H2,1-2H3,(H,23,26)(H,24,28)/t21-/m1/s1. The van der Waals surface area contributed by atoms with Crippen molar-refractivity contribution < 1.29 is 19.1 Å². The molecule has 1 aliphatic rings. The van der Waals surface area contributed by atoms with Gasteiger partial charge < -0.3 is 15.4 Å². The molecule has 3 rings (SSSR count). The molecule has 1 aliphatic heterocycles. The van der Waals surface area contributed by atoms with Crippen molar-refractivity contribution in [2.45, 2.75) is 18.9 Å². The fourth-order valence-corrected chi connectivity index (χ4v) is 3.57. The van der Waals surface area contributed by atoms with Gasteiger partial charge in [0.1, 0.15) is 17.8 Å². The van der Waals surface area contributed by atoms with Gasteiger partial charge in [-0.2, -0.15) is 0 Å². The third kappa shape index (κ3) is 4.59. The summed E-state index contributed by atoms with van der Waals surface area (Å²) in [6, 6.07) is 14.1. The zero-order valence-electron chi connectivity index (χ0n) is 16.2. The number of ether oxygens (including phenoxy) is 1. The van der Waals surface area contributed by atoms with E-state index < -0.39 is 17.5 Å². The van der Waals surface area contributed by atoms with Crippen LogP contribution in [0.5, 0.6) is 5.75 Å². The van der Waals surface area contributed by atoms with Crippen molar-refractivity contribution in [3.8, 4) is 5.75 Å². The van der Waals surface area contributed by atoms with E-state index in [1.165, 1.54) is 0 Å². The van der Waals surface area contributed by atoms with Crippen molar-refractivity contribution in [1.29, 1.82) is 0 Å². The van der Waals surface area contributed by atoms with Crippen LogP contribution < -0.4 is 15.4 Å². The lowest BCUT2D eigenvalue weighted by Gasteiger charge is -2.22. The van der Waals surface area contributed by atoms with Gasteiger partial charge in [-0.15, -0.1) is 0 Å². The number of rotatable bonds is 7. The van der Waals surface area contributed by atoms with Gasteiger partial charge in [0.15, 0.2) is 0 Å². The fourth-order valence-electron chi connectivity index (χ4n) is 3.17. The van der Waals surface area contributed by atoms with Crippen LogP contribution in [0, 0.1) is 0 Å². The van der Waals surface area contributed by atoms with Gasteiger partial charge in [-0.05, 0) is 48.7 Å². The summed E-state index contributed by atoms with van der Waals surface area (Å²) in [7, 11) is 1.60. The lowest BCUT2D eigenvalue weighted by Crippen LogP contribution is -2.43. The number of carbonyl (C=O) groups is 3. The molecule has 0 aliphatic carbocycles. The molecule has 1 atom stereocenters. The third-order valence-electron chi connectivity index (χ3n) is 4.87. The first-order valence-electron chi connectivity index (χ1n) is 9.13. The fraction of sp³-hybridized carbons (Fsp3) is 0.286. The monoisotopic (exact) mass is 459 g/mol. The molecule has 0 aromatic heterocycles. The number of hydrogen-bond donors (Lipinski definition) is 2. The van der Waals surface area contributed by atoms with Crippen molar-refractivity contribution in [2.75, 3.05) is 20.2 Å². The Morgan fingerprint density at radius 1 is 1.21 bits per heavy atom. The van der Waals surface area contributed by atoms with Gasteiger partial charge in [0, 0.05) is 11.0 Å². The van der Waals surface area contributed by atoms with E-state index in [4.69, 9.17) is 4.74 Å². The maximum atomic E-state index is 12.9. The second kappa shape index (κ2) is 8.65. The SMILES string of the molecule is COc1ccc(CCNC(=O)CN2C(=O)N[C@](C)(c3cccc(Br)c3)C2=O)cc1. The third-order valence-corrected chi connectivity index (χ3v) is 5.37. The number of hydrogen-bond acceptors (Lipinski definition) is 4. The van der Waals surface area contributed by atoms with Crippen molar-refractivity contribution >= 4 is 33.8 Å². The van der Waals surface area contributed by atoms with Gasteiger partial charge >= 0.3 is 6.03 Å². The molecule has 29 heavy (non-hydrogen) atoms. The summed E-state index contributed by atoms with van der Waals surface area (Å²) in [6.45, 7) is 1.71. The first kappa shape index (κ1) is 20.9. The van der Waals surface area contributed by atoms with E-state index in [-0.39, 0.29) is 12.5 Å². The number of benzene rings is 2. The first-order valence-corrected chi connectivity index (χ1v) is 9.92. The lowest BCUT2D eigenvalue weighted by atomic mass is 9.92. The number of imide groups is 1. The zero-order valence-corrected chi connectivity index (χ0v) is 17.8. The second-order valence-corrected chi connectivity index (χ2v) is 7.82. The molecule has 7 nitrogen and oxygen atoms in total. The molecule has 2 N–H and O–H groups in total. The Balaban J connectivity index is 1.57. The van der Waals surface area contributed by atoms with E-state index in [1.54, 1.807) is 32.2 Å². The van der Waals surface area contributed by atoms with Crippen LogP contribution in [0.25, 0.3) is 0 Å². The van der Waals surface area contributed by atoms with Gasteiger partial charge in [-0.3, -0.25) is 14.5 Å². The number of halogens is 1. The molecule has 0 saturated carbocycles. The molecule has 2 aromatic rings. The molecule has 4 amide bonds. The number of carbonyl (C=O) groups excluding carboxylic acids is 3. The molecule has 1 fully saturated rings. The molecular formula is C21H22BrN3O4. The van der Waals surface area contributed by atoms with Crippen molar-refractivity contribution in [1.82, 2.24) is 15.5 Å². The smallest absolute Gasteiger partial charge is 0.325 e. The van der Waals surface area contributed by atoms with E-state index in [9.17, 15) is 14.4 Å². The predicted octanol–water partition coefficient (Wildman–Crippen LogP) is 2.58. The number of nitrogens with zero attached hydrogens (tertiary/aromatic N) is 1. The highest BCUT2D eigenvalue weighted by Crippen LogP contribution is 2.30. The van der Waals surface area contributed by atoms with E-state index in [0.29, 0.717) is 18.5 Å². The van der Waals surface area contributed by atoms with Crippen molar-refractivity contribution in [3.05, 3.63) is 64.1 Å². The molecule has 152 valence electrons. The zero-order chi connectivity index (χ0) is 21.0. The summed E-state index contributed by atoms with van der Waals surface area (Å²) in [6.07, 6.45) is 0.631. The number of amides is 4. The Morgan fingerprint density at radius 3 is 2.59 bits per heavy atom. The van der Waals surface area contributed by atoms with Gasteiger partial charge in [0.2, 0.25) is 5.91 Å². The molecule has 1 saturated heterocycles. The molecule has 0 bridgehead atoms. The number of nitrogens with one attached hydrogen (secondary N) is 2. The van der Waals surface area contributed by atoms with Crippen LogP contribution in [-0.2, 0) is 21.5 Å². The van der Waals surface area contributed by atoms with Crippen LogP contribution in [0.3, 0.4) is 0 Å². The van der Waals surface area contributed by atoms with Crippen LogP contribution >= 0.6 is 15.9 Å². The highest BCUT2D eigenvalue weighted by Gasteiger charge is 2.49. The van der Waals surface area contributed by atoms with Gasteiger partial charge in [-0.25, -0.2) is 4.79 Å². The summed E-state index contributed by atoms with van der Waals surface area (Å²) in [5.41, 5.74) is 0.487.